The number of hydrogen-bond donors (Lipinski definition) is 2. The Morgan fingerprint density at radius 2 is 1.71 bits per heavy atom. The molecule has 0 aliphatic carbocycles. The van der Waals surface area contributed by atoms with Crippen LogP contribution in [0.15, 0.2) is 54.7 Å². The smallest absolute Gasteiger partial charge is 0.255 e. The van der Waals surface area contributed by atoms with Crippen LogP contribution in [0.5, 0.6) is 0 Å². The van der Waals surface area contributed by atoms with E-state index in [1.165, 1.54) is 24.3 Å². The van der Waals surface area contributed by atoms with Crippen LogP contribution in [-0.2, 0) is 6.54 Å². The Labute approximate surface area is 196 Å². The van der Waals surface area contributed by atoms with Crippen LogP contribution < -0.4 is 15.5 Å². The van der Waals surface area contributed by atoms with E-state index in [1.54, 1.807) is 6.20 Å². The molecule has 2 N–H and O–H groups in total. The number of amides is 1. The Bertz CT molecular complexity index is 1300. The van der Waals surface area contributed by atoms with Crippen LogP contribution in [0, 0.1) is 5.82 Å². The molecule has 2 aromatic carbocycles. The third-order valence-corrected chi connectivity index (χ3v) is 5.82. The molecule has 0 unspecified atom stereocenters. The molecule has 0 bridgehead atoms. The Morgan fingerprint density at radius 3 is 2.41 bits per heavy atom. The summed E-state index contributed by atoms with van der Waals surface area (Å²) in [6, 6.07) is 12.8. The van der Waals surface area contributed by atoms with Gasteiger partial charge in [0.25, 0.3) is 5.91 Å². The molecule has 1 aliphatic heterocycles. The number of nitrogens with zero attached hydrogens (tertiary/aromatic N) is 5. The van der Waals surface area contributed by atoms with E-state index >= 15 is 0 Å². The molecule has 9 heteroatoms. The summed E-state index contributed by atoms with van der Waals surface area (Å²) in [6.07, 6.45) is 5.05. The number of aryl methyl sites for hydroxylation is 1. The van der Waals surface area contributed by atoms with Gasteiger partial charge in [-0.15, -0.1) is 0 Å². The van der Waals surface area contributed by atoms with Crippen LogP contribution in [0.3, 0.4) is 0 Å². The van der Waals surface area contributed by atoms with E-state index in [1.807, 2.05) is 28.9 Å². The summed E-state index contributed by atoms with van der Waals surface area (Å²) in [5.74, 6) is 0.752. The molecular formula is C25H26FN7O. The number of halogens is 1. The van der Waals surface area contributed by atoms with Crippen molar-refractivity contribution in [2.45, 2.75) is 32.7 Å². The van der Waals surface area contributed by atoms with Crippen LogP contribution in [0.1, 0.15) is 36.5 Å². The van der Waals surface area contributed by atoms with Crippen LogP contribution in [0.2, 0.25) is 0 Å². The van der Waals surface area contributed by atoms with E-state index < -0.39 is 0 Å². The molecule has 174 valence electrons. The summed E-state index contributed by atoms with van der Waals surface area (Å²) >= 11 is 0. The monoisotopic (exact) mass is 459 g/mol. The van der Waals surface area contributed by atoms with E-state index in [4.69, 9.17) is 9.97 Å². The van der Waals surface area contributed by atoms with Gasteiger partial charge in [0.05, 0.1) is 11.6 Å². The number of benzene rings is 2. The standard InChI is InChI=1S/C25H26FN7O/c1-2-13-33-23-21(16-27-33)22(30-25(31-23)32-14-3-4-15-32)28-19-9-11-20(12-10-19)29-24(34)17-5-7-18(26)8-6-17/h5-12,16H,2-4,13-15H2,1H3,(H,29,34)(H,28,30,31). The molecule has 8 nitrogen and oxygen atoms in total. The zero-order valence-electron chi connectivity index (χ0n) is 19.0. The van der Waals surface area contributed by atoms with Crippen molar-refractivity contribution in [2.75, 3.05) is 28.6 Å². The maximum Gasteiger partial charge on any atom is 0.255 e. The van der Waals surface area contributed by atoms with Gasteiger partial charge in [-0.25, -0.2) is 9.07 Å². The molecule has 3 heterocycles. The van der Waals surface area contributed by atoms with Crippen LogP contribution in [0.4, 0.5) is 27.5 Å². The summed E-state index contributed by atoms with van der Waals surface area (Å²) in [5, 5.41) is 11.6. The first kappa shape index (κ1) is 21.8. The molecule has 0 saturated carbocycles. The van der Waals surface area contributed by atoms with Gasteiger partial charge < -0.3 is 15.5 Å². The fraction of sp³-hybridized carbons (Fsp3) is 0.280. The van der Waals surface area contributed by atoms with Crippen molar-refractivity contribution in [2.24, 2.45) is 0 Å². The molecule has 1 aliphatic rings. The lowest BCUT2D eigenvalue weighted by molar-refractivity contribution is 0.102. The Kier molecular flexibility index (Phi) is 6.07. The van der Waals surface area contributed by atoms with Gasteiger partial charge in [-0.1, -0.05) is 6.92 Å². The second kappa shape index (κ2) is 9.46. The van der Waals surface area contributed by atoms with E-state index in [0.717, 1.165) is 55.6 Å². The summed E-state index contributed by atoms with van der Waals surface area (Å²) in [7, 11) is 0. The van der Waals surface area contributed by atoms with Gasteiger partial charge in [-0.2, -0.15) is 15.1 Å². The highest BCUT2D eigenvalue weighted by atomic mass is 19.1. The molecular weight excluding hydrogens is 433 g/mol. The minimum atomic E-state index is -0.376. The molecule has 34 heavy (non-hydrogen) atoms. The first-order valence-corrected chi connectivity index (χ1v) is 11.5. The summed E-state index contributed by atoms with van der Waals surface area (Å²) in [4.78, 5) is 24.2. The second-order valence-electron chi connectivity index (χ2n) is 8.33. The average molecular weight is 460 g/mol. The van der Waals surface area contributed by atoms with Gasteiger partial charge in [0, 0.05) is 36.6 Å². The SMILES string of the molecule is CCCn1ncc2c(Nc3ccc(NC(=O)c4ccc(F)cc4)cc3)nc(N3CCCC3)nc21. The molecule has 0 radical (unpaired) electrons. The van der Waals surface area contributed by atoms with Gasteiger partial charge in [-0.3, -0.25) is 4.79 Å². The molecule has 0 atom stereocenters. The van der Waals surface area contributed by atoms with Gasteiger partial charge in [0.2, 0.25) is 5.95 Å². The van der Waals surface area contributed by atoms with Crippen molar-refractivity contribution in [3.05, 3.63) is 66.1 Å². The number of carbonyl (C=O) groups excluding carboxylic acids is 1. The van der Waals surface area contributed by atoms with Crippen molar-refractivity contribution in [3.63, 3.8) is 0 Å². The molecule has 2 aromatic heterocycles. The van der Waals surface area contributed by atoms with Crippen molar-refractivity contribution in [1.82, 2.24) is 19.7 Å². The number of fused-ring (bicyclic) bond motifs is 1. The molecule has 1 fully saturated rings. The Morgan fingerprint density at radius 1 is 1.00 bits per heavy atom. The first-order chi connectivity index (χ1) is 16.6. The lowest BCUT2D eigenvalue weighted by atomic mass is 10.2. The summed E-state index contributed by atoms with van der Waals surface area (Å²) in [6.45, 7) is 4.82. The number of aromatic nitrogens is 4. The van der Waals surface area contributed by atoms with Crippen molar-refractivity contribution >= 4 is 40.1 Å². The Hall–Kier alpha value is -4.01. The highest BCUT2D eigenvalue weighted by Crippen LogP contribution is 2.28. The molecule has 1 saturated heterocycles. The zero-order chi connectivity index (χ0) is 23.5. The predicted octanol–water partition coefficient (Wildman–Crippen LogP) is 4.97. The van der Waals surface area contributed by atoms with E-state index in [-0.39, 0.29) is 11.7 Å². The number of carbonyl (C=O) groups is 1. The molecule has 1 amide bonds. The van der Waals surface area contributed by atoms with Crippen LogP contribution in [-0.4, -0.2) is 38.7 Å². The minimum absolute atomic E-state index is 0.295. The third kappa shape index (κ3) is 4.54. The third-order valence-electron chi connectivity index (χ3n) is 5.82. The number of nitrogens with one attached hydrogen (secondary N) is 2. The number of hydrogen-bond acceptors (Lipinski definition) is 6. The van der Waals surface area contributed by atoms with Crippen molar-refractivity contribution < 1.29 is 9.18 Å². The lowest BCUT2D eigenvalue weighted by Gasteiger charge is -2.17. The van der Waals surface area contributed by atoms with E-state index in [2.05, 4.69) is 27.6 Å². The van der Waals surface area contributed by atoms with Crippen LogP contribution >= 0.6 is 0 Å². The fourth-order valence-corrected chi connectivity index (χ4v) is 4.05. The van der Waals surface area contributed by atoms with E-state index in [0.29, 0.717) is 23.0 Å². The lowest BCUT2D eigenvalue weighted by Crippen LogP contribution is -2.21. The topological polar surface area (TPSA) is 88.0 Å². The zero-order valence-corrected chi connectivity index (χ0v) is 19.0. The van der Waals surface area contributed by atoms with Crippen molar-refractivity contribution in [1.29, 1.82) is 0 Å². The minimum Gasteiger partial charge on any atom is -0.341 e. The number of anilines is 4. The first-order valence-electron chi connectivity index (χ1n) is 11.5. The van der Waals surface area contributed by atoms with Crippen LogP contribution in [0.25, 0.3) is 11.0 Å². The van der Waals surface area contributed by atoms with E-state index in [9.17, 15) is 9.18 Å². The predicted molar refractivity (Wildman–Crippen MR) is 131 cm³/mol. The molecule has 4 aromatic rings. The summed E-state index contributed by atoms with van der Waals surface area (Å²) in [5.41, 5.74) is 2.69. The number of rotatable bonds is 7. The van der Waals surface area contributed by atoms with Gasteiger partial charge in [0.1, 0.15) is 11.6 Å². The second-order valence-corrected chi connectivity index (χ2v) is 8.33. The highest BCUT2D eigenvalue weighted by molar-refractivity contribution is 6.04. The van der Waals surface area contributed by atoms with Crippen molar-refractivity contribution in [3.8, 4) is 0 Å². The molecule has 5 rings (SSSR count). The van der Waals surface area contributed by atoms with Gasteiger partial charge >= 0.3 is 0 Å². The fourth-order valence-electron chi connectivity index (χ4n) is 4.05. The Balaban J connectivity index is 1.38. The van der Waals surface area contributed by atoms with Gasteiger partial charge in [0.15, 0.2) is 5.65 Å². The molecule has 0 spiro atoms. The quantitative estimate of drug-likeness (QED) is 0.406. The maximum absolute atomic E-state index is 13.1. The average Bonchev–Trinajstić information content (AvgIpc) is 3.52. The van der Waals surface area contributed by atoms with Gasteiger partial charge in [-0.05, 0) is 67.8 Å². The maximum atomic E-state index is 13.1. The summed E-state index contributed by atoms with van der Waals surface area (Å²) < 4.78 is 15.0. The highest BCUT2D eigenvalue weighted by Gasteiger charge is 2.19. The normalized spacial score (nSPS) is 13.4. The largest absolute Gasteiger partial charge is 0.341 e.